The lowest BCUT2D eigenvalue weighted by atomic mass is 10.2. The number of hydrogen-bond acceptors (Lipinski definition) is 8. The number of benzene rings is 1. The monoisotopic (exact) mass is 314 g/mol. The van der Waals surface area contributed by atoms with Gasteiger partial charge in [-0.1, -0.05) is 18.2 Å². The number of carbonyl (C=O) groups excluding carboxylic acids is 1. The zero-order valence-electron chi connectivity index (χ0n) is 9.99. The van der Waals surface area contributed by atoms with E-state index in [1.54, 1.807) is 19.1 Å². The zero-order chi connectivity index (χ0) is 15.3. The molecule has 0 atom stereocenters. The van der Waals surface area contributed by atoms with Gasteiger partial charge in [0.25, 0.3) is 0 Å². The Morgan fingerprint density at radius 1 is 1.00 bits per heavy atom. The Morgan fingerprint density at radius 3 is 1.68 bits per heavy atom. The molecule has 0 spiro atoms. The number of carbonyl (C=O) groups is 1. The van der Waals surface area contributed by atoms with Crippen molar-refractivity contribution in [3.8, 4) is 0 Å². The van der Waals surface area contributed by atoms with Crippen LogP contribution in [0.3, 0.4) is 0 Å². The third kappa shape index (κ3) is 19.8. The average Bonchev–Trinajstić information content (AvgIpc) is 2.29. The van der Waals surface area contributed by atoms with Crippen molar-refractivity contribution in [1.82, 2.24) is 0 Å². The molecule has 6 N–H and O–H groups in total. The van der Waals surface area contributed by atoms with E-state index in [0.717, 1.165) is 0 Å². The molecule has 0 aromatic heterocycles. The molecule has 0 saturated carbocycles. The van der Waals surface area contributed by atoms with E-state index < -0.39 is 17.2 Å². The first-order chi connectivity index (χ1) is 8.81. The first-order valence-corrected chi connectivity index (χ1v) is 7.16. The van der Waals surface area contributed by atoms with E-state index in [4.69, 9.17) is 34.1 Å². The smallest absolute Gasteiger partial charge is 0.338 e. The highest BCUT2D eigenvalue weighted by atomic mass is 31.2. The predicted molar refractivity (Wildman–Crippen MR) is 69.6 cm³/mol. The summed E-state index contributed by atoms with van der Waals surface area (Å²) in [6.07, 6.45) is 0. The fraction of sp³-hybridized carbons (Fsp3) is 0.222. The summed E-state index contributed by atoms with van der Waals surface area (Å²) in [5.74, 6) is -0.256. The van der Waals surface area contributed by atoms with Crippen molar-refractivity contribution in [2.45, 2.75) is 6.92 Å². The molecule has 0 radical (unpaired) electrons. The molecule has 8 nitrogen and oxygen atoms in total. The summed E-state index contributed by atoms with van der Waals surface area (Å²) >= 11 is 0. The summed E-state index contributed by atoms with van der Waals surface area (Å²) in [6.45, 7) is 2.22. The molecule has 1 aromatic rings. The van der Waals surface area contributed by atoms with E-state index in [-0.39, 0.29) is 5.97 Å². The maximum atomic E-state index is 11.0. The largest absolute Gasteiger partial charge is 0.462 e. The molecule has 0 amide bonds. The second kappa shape index (κ2) is 13.7. The lowest BCUT2D eigenvalue weighted by Crippen LogP contribution is -2.03. The van der Waals surface area contributed by atoms with Crippen LogP contribution in [0, 0.1) is 0 Å². The number of ether oxygens (including phenoxy) is 1. The number of rotatable bonds is 2. The molecule has 1 rings (SSSR count). The van der Waals surface area contributed by atoms with E-state index in [1.165, 1.54) is 0 Å². The molecule has 19 heavy (non-hydrogen) atoms. The van der Waals surface area contributed by atoms with E-state index in [0.29, 0.717) is 12.2 Å². The van der Waals surface area contributed by atoms with Crippen LogP contribution < -0.4 is 0 Å². The molecule has 0 saturated heterocycles. The van der Waals surface area contributed by atoms with Crippen molar-refractivity contribution in [3.05, 3.63) is 35.9 Å². The summed E-state index contributed by atoms with van der Waals surface area (Å²) in [4.78, 5) is 54.4. The Bertz CT molecular complexity index is 308. The van der Waals surface area contributed by atoms with Crippen molar-refractivity contribution >= 4 is 23.2 Å². The third-order valence-corrected chi connectivity index (χ3v) is 1.28. The van der Waals surface area contributed by atoms with Gasteiger partial charge in [-0.25, -0.2) is 4.79 Å². The molecule has 10 heteroatoms. The van der Waals surface area contributed by atoms with Crippen LogP contribution in [-0.4, -0.2) is 41.9 Å². The summed E-state index contributed by atoms with van der Waals surface area (Å²) in [5.41, 5.74) is 0.606. The molecule has 0 aliphatic heterocycles. The normalized spacial score (nSPS) is 9.11. The van der Waals surface area contributed by atoms with Gasteiger partial charge in [-0.2, -0.15) is 0 Å². The van der Waals surface area contributed by atoms with Gasteiger partial charge < -0.3 is 34.1 Å². The standard InChI is InChI=1S/C9H10O2.2H3O3P/c1-2-11-9(10)8-6-4-3-5-7-8;2*1-4(2)3/h3-7H,2H2,1H3;2*1-3H. The van der Waals surface area contributed by atoms with Gasteiger partial charge in [0.15, 0.2) is 0 Å². The summed E-state index contributed by atoms with van der Waals surface area (Å²) in [5, 5.41) is 0. The Hall–Kier alpha value is -0.690. The second-order valence-electron chi connectivity index (χ2n) is 2.62. The minimum absolute atomic E-state index is 0.256. The number of hydrogen-bond donors (Lipinski definition) is 6. The molecule has 0 heterocycles. The van der Waals surface area contributed by atoms with Crippen LogP contribution in [-0.2, 0) is 4.74 Å². The molecule has 0 unspecified atom stereocenters. The topological polar surface area (TPSA) is 148 Å². The maximum Gasteiger partial charge on any atom is 0.338 e. The fourth-order valence-corrected chi connectivity index (χ4v) is 0.789. The van der Waals surface area contributed by atoms with E-state index in [9.17, 15) is 4.79 Å². The minimum Gasteiger partial charge on any atom is -0.462 e. The second-order valence-corrected chi connectivity index (χ2v) is 3.70. The van der Waals surface area contributed by atoms with Crippen LogP contribution in [0.2, 0.25) is 0 Å². The Labute approximate surface area is 112 Å². The van der Waals surface area contributed by atoms with Crippen LogP contribution in [0.1, 0.15) is 17.3 Å². The van der Waals surface area contributed by atoms with Crippen LogP contribution in [0.5, 0.6) is 0 Å². The van der Waals surface area contributed by atoms with Crippen molar-refractivity contribution in [3.63, 3.8) is 0 Å². The van der Waals surface area contributed by atoms with Crippen LogP contribution >= 0.6 is 17.2 Å². The van der Waals surface area contributed by atoms with Crippen molar-refractivity contribution < 1.29 is 38.9 Å². The van der Waals surface area contributed by atoms with Crippen LogP contribution in [0.15, 0.2) is 30.3 Å². The average molecular weight is 314 g/mol. The summed E-state index contributed by atoms with van der Waals surface area (Å²) in [6, 6.07) is 8.96. The van der Waals surface area contributed by atoms with Crippen molar-refractivity contribution in [2.75, 3.05) is 6.61 Å². The molecule has 0 bridgehead atoms. The molecular formula is C9H16O8P2. The Balaban J connectivity index is 0. The maximum absolute atomic E-state index is 11.0. The van der Waals surface area contributed by atoms with Gasteiger partial charge in [0.2, 0.25) is 0 Å². The highest BCUT2D eigenvalue weighted by Gasteiger charge is 2.02. The lowest BCUT2D eigenvalue weighted by molar-refractivity contribution is 0.0526. The SMILES string of the molecule is CCOC(=O)c1ccccc1.OP(O)O.OP(O)O. The van der Waals surface area contributed by atoms with Crippen molar-refractivity contribution in [1.29, 1.82) is 0 Å². The Morgan fingerprint density at radius 2 is 1.37 bits per heavy atom. The van der Waals surface area contributed by atoms with Gasteiger partial charge in [-0.3, -0.25) is 0 Å². The quantitative estimate of drug-likeness (QED) is 0.336. The first-order valence-electron chi connectivity index (χ1n) is 4.76. The summed E-state index contributed by atoms with van der Waals surface area (Å²) < 4.78 is 4.79. The first kappa shape index (κ1) is 20.6. The molecule has 0 fully saturated rings. The lowest BCUT2D eigenvalue weighted by Gasteiger charge is -1.99. The van der Waals surface area contributed by atoms with Gasteiger partial charge in [-0.05, 0) is 19.1 Å². The van der Waals surface area contributed by atoms with Gasteiger partial charge in [0, 0.05) is 0 Å². The van der Waals surface area contributed by atoms with Crippen LogP contribution in [0.4, 0.5) is 0 Å². The zero-order valence-corrected chi connectivity index (χ0v) is 11.8. The van der Waals surface area contributed by atoms with E-state index in [2.05, 4.69) is 0 Å². The third-order valence-electron chi connectivity index (χ3n) is 1.28. The van der Waals surface area contributed by atoms with E-state index in [1.807, 2.05) is 18.2 Å². The van der Waals surface area contributed by atoms with Gasteiger partial charge in [0.1, 0.15) is 0 Å². The van der Waals surface area contributed by atoms with Crippen molar-refractivity contribution in [2.24, 2.45) is 0 Å². The minimum atomic E-state index is -2.62. The van der Waals surface area contributed by atoms with E-state index >= 15 is 0 Å². The van der Waals surface area contributed by atoms with Gasteiger partial charge >= 0.3 is 23.2 Å². The highest BCUT2D eigenvalue weighted by Crippen LogP contribution is 2.12. The Kier molecular flexibility index (Phi) is 14.9. The van der Waals surface area contributed by atoms with Gasteiger partial charge in [0.05, 0.1) is 12.2 Å². The molecule has 110 valence electrons. The molecule has 0 aliphatic rings. The molecule has 0 aliphatic carbocycles. The molecule has 1 aromatic carbocycles. The predicted octanol–water partition coefficient (Wildman–Crippen LogP) is 0.244. The highest BCUT2D eigenvalue weighted by molar-refractivity contribution is 7.38. The number of esters is 1. The molecular weight excluding hydrogens is 298 g/mol. The van der Waals surface area contributed by atoms with Gasteiger partial charge in [-0.15, -0.1) is 0 Å². The fourth-order valence-electron chi connectivity index (χ4n) is 0.789. The van der Waals surface area contributed by atoms with Crippen LogP contribution in [0.25, 0.3) is 0 Å². The summed E-state index contributed by atoms with van der Waals surface area (Å²) in [7, 11) is -5.24.